The Labute approximate surface area is 133 Å². The summed E-state index contributed by atoms with van der Waals surface area (Å²) < 4.78 is 34.5. The highest BCUT2D eigenvalue weighted by Gasteiger charge is 2.27. The van der Waals surface area contributed by atoms with Gasteiger partial charge in [0, 0.05) is 25.4 Å². The van der Waals surface area contributed by atoms with Crippen LogP contribution in [-0.4, -0.2) is 30.2 Å². The number of hydrogen-bond donors (Lipinski definition) is 2. The fourth-order valence-electron chi connectivity index (χ4n) is 2.29. The predicted octanol–water partition coefficient (Wildman–Crippen LogP) is 1.25. The standard InChI is InChI=1S/C14H16N4O4S/c1-8-6-10-11(22-9(2)14(19)15-10)7-12(8)23(20,21)17-13-4-5-18(3)16-13/h4-7,9H,1-3H3,(H,15,19)(H,16,17). The van der Waals surface area contributed by atoms with Gasteiger partial charge in [0.2, 0.25) is 0 Å². The van der Waals surface area contributed by atoms with Gasteiger partial charge in [-0.15, -0.1) is 0 Å². The number of rotatable bonds is 3. The Balaban J connectivity index is 1.99. The van der Waals surface area contributed by atoms with Crippen molar-refractivity contribution < 1.29 is 17.9 Å². The smallest absolute Gasteiger partial charge is 0.265 e. The number of carbonyl (C=O) groups is 1. The molecule has 23 heavy (non-hydrogen) atoms. The number of hydrogen-bond acceptors (Lipinski definition) is 5. The van der Waals surface area contributed by atoms with Gasteiger partial charge in [-0.1, -0.05) is 0 Å². The van der Waals surface area contributed by atoms with Crippen LogP contribution in [0, 0.1) is 6.92 Å². The van der Waals surface area contributed by atoms with E-state index in [4.69, 9.17) is 4.74 Å². The molecule has 122 valence electrons. The number of carbonyl (C=O) groups excluding carboxylic acids is 1. The Bertz CT molecular complexity index is 888. The quantitative estimate of drug-likeness (QED) is 0.878. The lowest BCUT2D eigenvalue weighted by molar-refractivity contribution is -0.122. The first kappa shape index (κ1) is 15.3. The number of benzene rings is 1. The highest BCUT2D eigenvalue weighted by Crippen LogP contribution is 2.34. The van der Waals surface area contributed by atoms with Gasteiger partial charge in [-0.2, -0.15) is 5.10 Å². The summed E-state index contributed by atoms with van der Waals surface area (Å²) in [5, 5.41) is 6.69. The summed E-state index contributed by atoms with van der Waals surface area (Å²) in [7, 11) is -2.12. The number of nitrogens with zero attached hydrogens (tertiary/aromatic N) is 2. The summed E-state index contributed by atoms with van der Waals surface area (Å²) in [4.78, 5) is 11.7. The van der Waals surface area contributed by atoms with E-state index in [1.807, 2.05) is 0 Å². The molecule has 1 atom stereocenters. The number of nitrogens with one attached hydrogen (secondary N) is 2. The zero-order chi connectivity index (χ0) is 16.8. The molecule has 2 N–H and O–H groups in total. The Morgan fingerprint density at radius 1 is 1.39 bits per heavy atom. The minimum Gasteiger partial charge on any atom is -0.479 e. The molecule has 0 saturated heterocycles. The van der Waals surface area contributed by atoms with Crippen LogP contribution in [0.3, 0.4) is 0 Å². The number of anilines is 2. The van der Waals surface area contributed by atoms with E-state index in [0.29, 0.717) is 17.0 Å². The van der Waals surface area contributed by atoms with Gasteiger partial charge < -0.3 is 10.1 Å². The van der Waals surface area contributed by atoms with Gasteiger partial charge in [0.1, 0.15) is 5.75 Å². The van der Waals surface area contributed by atoms with E-state index in [9.17, 15) is 13.2 Å². The van der Waals surface area contributed by atoms with Crippen molar-refractivity contribution in [3.05, 3.63) is 30.0 Å². The molecular weight excluding hydrogens is 320 g/mol. The van der Waals surface area contributed by atoms with E-state index in [2.05, 4.69) is 15.1 Å². The summed E-state index contributed by atoms with van der Waals surface area (Å²) in [5.74, 6) is 0.287. The number of sulfonamides is 1. The van der Waals surface area contributed by atoms with Crippen LogP contribution in [0.5, 0.6) is 5.75 Å². The summed E-state index contributed by atoms with van der Waals surface area (Å²) in [6.45, 7) is 3.25. The summed E-state index contributed by atoms with van der Waals surface area (Å²) in [5.41, 5.74) is 0.952. The van der Waals surface area contributed by atoms with Crippen molar-refractivity contribution in [1.82, 2.24) is 9.78 Å². The van der Waals surface area contributed by atoms with Crippen molar-refractivity contribution in [3.63, 3.8) is 0 Å². The summed E-state index contributed by atoms with van der Waals surface area (Å²) in [6.07, 6.45) is 0.960. The zero-order valence-corrected chi connectivity index (χ0v) is 13.6. The van der Waals surface area contributed by atoms with Crippen molar-refractivity contribution in [3.8, 4) is 5.75 Å². The third kappa shape index (κ3) is 2.87. The van der Waals surface area contributed by atoms with E-state index in [1.165, 1.54) is 10.7 Å². The van der Waals surface area contributed by atoms with Crippen LogP contribution < -0.4 is 14.8 Å². The molecule has 0 fully saturated rings. The second kappa shape index (κ2) is 5.27. The van der Waals surface area contributed by atoms with E-state index < -0.39 is 16.1 Å². The molecule has 0 radical (unpaired) electrons. The van der Waals surface area contributed by atoms with Gasteiger partial charge in [-0.3, -0.25) is 14.2 Å². The van der Waals surface area contributed by atoms with Crippen LogP contribution in [0.1, 0.15) is 12.5 Å². The molecule has 1 unspecified atom stereocenters. The third-order valence-corrected chi connectivity index (χ3v) is 4.95. The largest absolute Gasteiger partial charge is 0.479 e. The predicted molar refractivity (Wildman–Crippen MR) is 83.9 cm³/mol. The van der Waals surface area contributed by atoms with Crippen molar-refractivity contribution >= 4 is 27.4 Å². The molecule has 1 aliphatic heterocycles. The van der Waals surface area contributed by atoms with Gasteiger partial charge in [0.15, 0.2) is 11.9 Å². The van der Waals surface area contributed by atoms with Crippen LogP contribution in [-0.2, 0) is 21.9 Å². The maximum absolute atomic E-state index is 12.6. The summed E-state index contributed by atoms with van der Waals surface area (Å²) >= 11 is 0. The molecule has 0 aliphatic carbocycles. The fourth-order valence-corrected chi connectivity index (χ4v) is 3.53. The molecule has 3 rings (SSSR count). The lowest BCUT2D eigenvalue weighted by Crippen LogP contribution is -2.34. The molecule has 9 heteroatoms. The Morgan fingerprint density at radius 2 is 2.13 bits per heavy atom. The van der Waals surface area contributed by atoms with E-state index >= 15 is 0 Å². The van der Waals surface area contributed by atoms with Gasteiger partial charge in [-0.05, 0) is 25.5 Å². The minimum absolute atomic E-state index is 0.0743. The molecule has 0 saturated carbocycles. The van der Waals surface area contributed by atoms with Crippen LogP contribution in [0.2, 0.25) is 0 Å². The van der Waals surface area contributed by atoms with Crippen LogP contribution in [0.15, 0.2) is 29.3 Å². The molecule has 0 spiro atoms. The first-order valence-electron chi connectivity index (χ1n) is 6.91. The normalized spacial score (nSPS) is 17.2. The molecular formula is C14H16N4O4S. The number of fused-ring (bicyclic) bond motifs is 1. The van der Waals surface area contributed by atoms with Crippen molar-refractivity contribution in [1.29, 1.82) is 0 Å². The van der Waals surface area contributed by atoms with Crippen molar-refractivity contribution in [2.75, 3.05) is 10.0 Å². The van der Waals surface area contributed by atoms with Crippen LogP contribution >= 0.6 is 0 Å². The molecule has 8 nitrogen and oxygen atoms in total. The topological polar surface area (TPSA) is 102 Å². The second-order valence-corrected chi connectivity index (χ2v) is 6.99. The Kier molecular flexibility index (Phi) is 3.52. The zero-order valence-electron chi connectivity index (χ0n) is 12.8. The van der Waals surface area contributed by atoms with Gasteiger partial charge in [0.25, 0.3) is 15.9 Å². The molecule has 2 aromatic rings. The molecule has 2 heterocycles. The average Bonchev–Trinajstić information content (AvgIpc) is 2.84. The lowest BCUT2D eigenvalue weighted by Gasteiger charge is -2.24. The number of aromatic nitrogens is 2. The number of aryl methyl sites for hydroxylation is 2. The minimum atomic E-state index is -3.81. The molecule has 1 amide bonds. The molecule has 1 aromatic carbocycles. The number of amides is 1. The monoisotopic (exact) mass is 336 g/mol. The first-order chi connectivity index (χ1) is 10.8. The molecule has 0 bridgehead atoms. The highest BCUT2D eigenvalue weighted by atomic mass is 32.2. The van der Waals surface area contributed by atoms with Crippen LogP contribution in [0.25, 0.3) is 0 Å². The Hall–Kier alpha value is -2.55. The van der Waals surface area contributed by atoms with E-state index in [-0.39, 0.29) is 16.6 Å². The third-order valence-electron chi connectivity index (χ3n) is 3.45. The number of ether oxygens (including phenoxy) is 1. The highest BCUT2D eigenvalue weighted by molar-refractivity contribution is 7.92. The van der Waals surface area contributed by atoms with Gasteiger partial charge in [0.05, 0.1) is 10.6 Å². The second-order valence-electron chi connectivity index (χ2n) is 5.34. The SMILES string of the molecule is Cc1cc2c(cc1S(=O)(=O)Nc1ccn(C)n1)OC(C)C(=O)N2. The van der Waals surface area contributed by atoms with E-state index in [1.54, 1.807) is 39.2 Å². The van der Waals surface area contributed by atoms with Crippen molar-refractivity contribution in [2.45, 2.75) is 24.8 Å². The van der Waals surface area contributed by atoms with Gasteiger partial charge in [-0.25, -0.2) is 8.42 Å². The molecule has 1 aliphatic rings. The van der Waals surface area contributed by atoms with Crippen molar-refractivity contribution in [2.24, 2.45) is 7.05 Å². The van der Waals surface area contributed by atoms with Crippen LogP contribution in [0.4, 0.5) is 11.5 Å². The Morgan fingerprint density at radius 3 is 2.78 bits per heavy atom. The summed E-state index contributed by atoms with van der Waals surface area (Å²) in [6, 6.07) is 4.54. The fraction of sp³-hybridized carbons (Fsp3) is 0.286. The first-order valence-corrected chi connectivity index (χ1v) is 8.39. The van der Waals surface area contributed by atoms with Gasteiger partial charge >= 0.3 is 0 Å². The lowest BCUT2D eigenvalue weighted by atomic mass is 10.1. The average molecular weight is 336 g/mol. The molecule has 1 aromatic heterocycles. The maximum Gasteiger partial charge on any atom is 0.265 e. The van der Waals surface area contributed by atoms with E-state index in [0.717, 1.165) is 0 Å². The maximum atomic E-state index is 12.6.